The van der Waals surface area contributed by atoms with Crippen LogP contribution in [0.15, 0.2) is 54.9 Å². The van der Waals surface area contributed by atoms with Gasteiger partial charge in [0.05, 0.1) is 0 Å². The lowest BCUT2D eigenvalue weighted by Gasteiger charge is -1.96. The van der Waals surface area contributed by atoms with E-state index in [4.69, 9.17) is 5.73 Å². The molecule has 0 spiro atoms. The second kappa shape index (κ2) is 5.07. The van der Waals surface area contributed by atoms with Crippen LogP contribution in [0.3, 0.4) is 0 Å². The van der Waals surface area contributed by atoms with E-state index in [1.54, 1.807) is 48.8 Å². The Hall–Kier alpha value is -2.42. The number of nitrogen functional groups attached to an aromatic ring is 1. The summed E-state index contributed by atoms with van der Waals surface area (Å²) in [5, 5.41) is 0. The van der Waals surface area contributed by atoms with Gasteiger partial charge in [0.1, 0.15) is 0 Å². The molecule has 17 heavy (non-hydrogen) atoms. The van der Waals surface area contributed by atoms with Crippen molar-refractivity contribution in [3.63, 3.8) is 0 Å². The molecular formula is C14H12N2O. The maximum Gasteiger partial charge on any atom is 0.185 e. The van der Waals surface area contributed by atoms with Crippen molar-refractivity contribution in [2.75, 3.05) is 5.73 Å². The summed E-state index contributed by atoms with van der Waals surface area (Å²) >= 11 is 0. The van der Waals surface area contributed by atoms with Crippen LogP contribution in [-0.4, -0.2) is 10.8 Å². The molecule has 0 saturated heterocycles. The standard InChI is InChI=1S/C14H12N2O/c15-13-4-2-12(3-5-13)14(17)6-1-11-7-9-16-10-8-11/h1-10H,15H2/b6-1-. The van der Waals surface area contributed by atoms with Crippen molar-refractivity contribution in [2.24, 2.45) is 0 Å². The molecule has 0 fully saturated rings. The Bertz CT molecular complexity index is 530. The first-order chi connectivity index (χ1) is 8.25. The van der Waals surface area contributed by atoms with Gasteiger partial charge in [0, 0.05) is 23.6 Å². The first kappa shape index (κ1) is 11.1. The lowest BCUT2D eigenvalue weighted by atomic mass is 10.1. The minimum absolute atomic E-state index is 0.0400. The van der Waals surface area contributed by atoms with Gasteiger partial charge in [-0.25, -0.2) is 0 Å². The number of nitrogens with two attached hydrogens (primary N) is 1. The monoisotopic (exact) mass is 224 g/mol. The van der Waals surface area contributed by atoms with E-state index in [-0.39, 0.29) is 5.78 Å². The zero-order valence-corrected chi connectivity index (χ0v) is 9.21. The number of hydrogen-bond acceptors (Lipinski definition) is 3. The van der Waals surface area contributed by atoms with Gasteiger partial charge in [0.2, 0.25) is 0 Å². The van der Waals surface area contributed by atoms with Crippen LogP contribution in [0, 0.1) is 0 Å². The van der Waals surface area contributed by atoms with Crippen molar-refractivity contribution in [3.8, 4) is 0 Å². The van der Waals surface area contributed by atoms with Gasteiger partial charge >= 0.3 is 0 Å². The minimum Gasteiger partial charge on any atom is -0.399 e. The second-order valence-electron chi connectivity index (χ2n) is 3.60. The van der Waals surface area contributed by atoms with Gasteiger partial charge in [0.15, 0.2) is 5.78 Å². The Balaban J connectivity index is 2.12. The molecule has 1 aromatic carbocycles. The molecule has 84 valence electrons. The smallest absolute Gasteiger partial charge is 0.185 e. The molecule has 3 nitrogen and oxygen atoms in total. The fourth-order valence-electron chi connectivity index (χ4n) is 1.39. The molecule has 0 bridgehead atoms. The number of hydrogen-bond donors (Lipinski definition) is 1. The van der Waals surface area contributed by atoms with Crippen molar-refractivity contribution >= 4 is 17.5 Å². The van der Waals surface area contributed by atoms with Gasteiger partial charge < -0.3 is 5.73 Å². The quantitative estimate of drug-likeness (QED) is 0.495. The maximum absolute atomic E-state index is 11.8. The SMILES string of the molecule is Nc1ccc(C(=O)/C=C\c2ccncc2)cc1. The van der Waals surface area contributed by atoms with Crippen LogP contribution in [0.25, 0.3) is 6.08 Å². The van der Waals surface area contributed by atoms with E-state index in [1.165, 1.54) is 0 Å². The van der Waals surface area contributed by atoms with Crippen LogP contribution in [0.2, 0.25) is 0 Å². The number of benzene rings is 1. The minimum atomic E-state index is -0.0400. The van der Waals surface area contributed by atoms with Crippen molar-refractivity contribution in [2.45, 2.75) is 0 Å². The lowest BCUT2D eigenvalue weighted by Crippen LogP contribution is -1.94. The molecule has 0 saturated carbocycles. The van der Waals surface area contributed by atoms with E-state index in [9.17, 15) is 4.79 Å². The molecule has 3 heteroatoms. The van der Waals surface area contributed by atoms with E-state index < -0.39 is 0 Å². The molecule has 2 rings (SSSR count). The molecule has 0 atom stereocenters. The summed E-state index contributed by atoms with van der Waals surface area (Å²) in [7, 11) is 0. The number of allylic oxidation sites excluding steroid dienone is 1. The lowest BCUT2D eigenvalue weighted by molar-refractivity contribution is 0.104. The predicted molar refractivity (Wildman–Crippen MR) is 68.5 cm³/mol. The number of carbonyl (C=O) groups is 1. The molecule has 0 aliphatic heterocycles. The summed E-state index contributed by atoms with van der Waals surface area (Å²) in [6.45, 7) is 0. The first-order valence-electron chi connectivity index (χ1n) is 5.24. The van der Waals surface area contributed by atoms with Crippen molar-refractivity contribution in [3.05, 3.63) is 66.0 Å². The zero-order valence-electron chi connectivity index (χ0n) is 9.21. The van der Waals surface area contributed by atoms with Gasteiger partial charge in [-0.1, -0.05) is 6.08 Å². The fourth-order valence-corrected chi connectivity index (χ4v) is 1.39. The summed E-state index contributed by atoms with van der Waals surface area (Å²) in [5.74, 6) is -0.0400. The number of aromatic nitrogens is 1. The van der Waals surface area contributed by atoms with E-state index in [0.29, 0.717) is 11.3 Å². The number of ketones is 1. The van der Waals surface area contributed by atoms with E-state index in [2.05, 4.69) is 4.98 Å². The highest BCUT2D eigenvalue weighted by Gasteiger charge is 2.00. The van der Waals surface area contributed by atoms with Gasteiger partial charge in [-0.3, -0.25) is 9.78 Å². The van der Waals surface area contributed by atoms with Crippen LogP contribution >= 0.6 is 0 Å². The third-order valence-electron chi connectivity index (χ3n) is 2.33. The number of nitrogens with zero attached hydrogens (tertiary/aromatic N) is 1. The Labute approximate surface area is 99.6 Å². The molecule has 1 aromatic heterocycles. The molecule has 1 heterocycles. The molecule has 0 radical (unpaired) electrons. The Morgan fingerprint density at radius 3 is 2.35 bits per heavy atom. The molecule has 0 unspecified atom stereocenters. The van der Waals surface area contributed by atoms with Crippen LogP contribution in [0.1, 0.15) is 15.9 Å². The van der Waals surface area contributed by atoms with Gasteiger partial charge in [0.25, 0.3) is 0 Å². The molecule has 0 aliphatic rings. The summed E-state index contributed by atoms with van der Waals surface area (Å²) in [6.07, 6.45) is 6.68. The van der Waals surface area contributed by atoms with Crippen molar-refractivity contribution in [1.82, 2.24) is 4.98 Å². The van der Waals surface area contributed by atoms with Gasteiger partial charge in [-0.05, 0) is 48.0 Å². The Morgan fingerprint density at radius 1 is 1.06 bits per heavy atom. The molecule has 2 aromatic rings. The second-order valence-corrected chi connectivity index (χ2v) is 3.60. The highest BCUT2D eigenvalue weighted by molar-refractivity contribution is 6.06. The van der Waals surface area contributed by atoms with Crippen LogP contribution in [-0.2, 0) is 0 Å². The summed E-state index contributed by atoms with van der Waals surface area (Å²) in [6, 6.07) is 10.5. The molecule has 0 amide bonds. The summed E-state index contributed by atoms with van der Waals surface area (Å²) in [4.78, 5) is 15.7. The number of anilines is 1. The number of rotatable bonds is 3. The fraction of sp³-hybridized carbons (Fsp3) is 0. The van der Waals surface area contributed by atoms with Crippen LogP contribution < -0.4 is 5.73 Å². The average molecular weight is 224 g/mol. The van der Waals surface area contributed by atoms with Gasteiger partial charge in [-0.2, -0.15) is 0 Å². The normalized spacial score (nSPS) is 10.6. The first-order valence-corrected chi connectivity index (χ1v) is 5.24. The van der Waals surface area contributed by atoms with E-state index in [1.807, 2.05) is 12.1 Å². The summed E-state index contributed by atoms with van der Waals surface area (Å²) < 4.78 is 0. The molecule has 2 N–H and O–H groups in total. The van der Waals surface area contributed by atoms with E-state index >= 15 is 0 Å². The maximum atomic E-state index is 11.8. The van der Waals surface area contributed by atoms with Crippen molar-refractivity contribution < 1.29 is 4.79 Å². The van der Waals surface area contributed by atoms with Gasteiger partial charge in [-0.15, -0.1) is 0 Å². The summed E-state index contributed by atoms with van der Waals surface area (Å²) in [5.41, 5.74) is 7.79. The zero-order chi connectivity index (χ0) is 12.1. The highest BCUT2D eigenvalue weighted by Crippen LogP contribution is 2.08. The Kier molecular flexibility index (Phi) is 3.31. The van der Waals surface area contributed by atoms with Crippen LogP contribution in [0.4, 0.5) is 5.69 Å². The van der Waals surface area contributed by atoms with Crippen molar-refractivity contribution in [1.29, 1.82) is 0 Å². The molecule has 0 aliphatic carbocycles. The highest BCUT2D eigenvalue weighted by atomic mass is 16.1. The number of pyridine rings is 1. The predicted octanol–water partition coefficient (Wildman–Crippen LogP) is 2.56. The Morgan fingerprint density at radius 2 is 1.71 bits per heavy atom. The van der Waals surface area contributed by atoms with E-state index in [0.717, 1.165) is 5.56 Å². The largest absolute Gasteiger partial charge is 0.399 e. The third kappa shape index (κ3) is 3.01. The molecular weight excluding hydrogens is 212 g/mol. The number of carbonyl (C=O) groups excluding carboxylic acids is 1. The van der Waals surface area contributed by atoms with Crippen LogP contribution in [0.5, 0.6) is 0 Å². The topological polar surface area (TPSA) is 56.0 Å². The average Bonchev–Trinajstić information content (AvgIpc) is 2.38. The third-order valence-corrected chi connectivity index (χ3v) is 2.33.